The predicted molar refractivity (Wildman–Crippen MR) is 67.0 cm³/mol. The van der Waals surface area contributed by atoms with Crippen LogP contribution < -0.4 is 0 Å². The molecule has 73 valence electrons. The number of halogens is 1. The Morgan fingerprint density at radius 2 is 2.14 bits per heavy atom. The molecule has 0 aromatic heterocycles. The van der Waals surface area contributed by atoms with Crippen LogP contribution in [0.1, 0.15) is 0 Å². The van der Waals surface area contributed by atoms with Gasteiger partial charge in [0.25, 0.3) is 0 Å². The summed E-state index contributed by atoms with van der Waals surface area (Å²) in [4.78, 5) is 4.36. The second-order valence-corrected chi connectivity index (χ2v) is 5.29. The van der Waals surface area contributed by atoms with Crippen molar-refractivity contribution in [2.75, 3.05) is 5.75 Å². The Kier molecular flexibility index (Phi) is 5.34. The molecule has 0 fully saturated rings. The summed E-state index contributed by atoms with van der Waals surface area (Å²) in [7, 11) is 0. The molecule has 0 aliphatic rings. The van der Waals surface area contributed by atoms with E-state index >= 15 is 0 Å². The number of aliphatic imine (C=N–C) groups is 1. The predicted octanol–water partition coefficient (Wildman–Crippen LogP) is 3.42. The maximum atomic E-state index is 5.76. The van der Waals surface area contributed by atoms with Crippen LogP contribution in [0.2, 0.25) is 5.02 Å². The molecule has 0 aliphatic heterocycles. The van der Waals surface area contributed by atoms with Crippen LogP contribution in [0.25, 0.3) is 0 Å². The molecule has 4 heteroatoms. The van der Waals surface area contributed by atoms with Crippen molar-refractivity contribution in [3.8, 4) is 0 Å². The summed E-state index contributed by atoms with van der Waals surface area (Å²) in [5, 5.41) is 0.726. The monoisotopic (exact) mass is 290 g/mol. The topological polar surface area (TPSA) is 12.4 Å². The third kappa shape index (κ3) is 4.34. The molecule has 0 saturated carbocycles. The zero-order valence-electron chi connectivity index (χ0n) is 7.44. The van der Waals surface area contributed by atoms with E-state index in [2.05, 4.69) is 27.6 Å². The molecule has 1 aromatic carbocycles. The van der Waals surface area contributed by atoms with Gasteiger partial charge in [0.1, 0.15) is 0 Å². The number of thioether (sulfide) groups is 1. The van der Waals surface area contributed by atoms with Crippen molar-refractivity contribution in [1.29, 1.82) is 0 Å². The van der Waals surface area contributed by atoms with Crippen LogP contribution in [-0.2, 0) is 0 Å². The van der Waals surface area contributed by atoms with Crippen LogP contribution in [0.5, 0.6) is 0 Å². The van der Waals surface area contributed by atoms with Crippen molar-refractivity contribution in [3.05, 3.63) is 41.9 Å². The van der Waals surface area contributed by atoms with Gasteiger partial charge < -0.3 is 0 Å². The van der Waals surface area contributed by atoms with Gasteiger partial charge in [-0.05, 0) is 0 Å². The molecular formula is C10H9ClNSSe. The molecule has 0 aliphatic carbocycles. The number of hydrogen-bond donors (Lipinski definition) is 0. The van der Waals surface area contributed by atoms with E-state index in [4.69, 9.17) is 11.6 Å². The van der Waals surface area contributed by atoms with Gasteiger partial charge in [-0.25, -0.2) is 0 Å². The minimum atomic E-state index is 0.726. The summed E-state index contributed by atoms with van der Waals surface area (Å²) in [5.41, 5.74) is 0.903. The summed E-state index contributed by atoms with van der Waals surface area (Å²) in [6.45, 7) is 3.64. The fourth-order valence-corrected chi connectivity index (χ4v) is 1.99. The van der Waals surface area contributed by atoms with Gasteiger partial charge in [0, 0.05) is 0 Å². The Hall–Kier alpha value is -0.211. The van der Waals surface area contributed by atoms with Crippen LogP contribution in [0, 0.1) is 0 Å². The first-order valence-corrected chi connectivity index (χ1v) is 6.19. The van der Waals surface area contributed by atoms with Gasteiger partial charge in [-0.1, -0.05) is 0 Å². The standard InChI is InChI=1S/C10H9ClNSSe/c1-2-7-13-10(14)12-9-5-3-8(11)4-6-9/h2-6H,1,7H2. The van der Waals surface area contributed by atoms with Crippen molar-refractivity contribution in [1.82, 2.24) is 0 Å². The van der Waals surface area contributed by atoms with Crippen LogP contribution in [0.4, 0.5) is 5.69 Å². The first-order chi connectivity index (χ1) is 6.72. The van der Waals surface area contributed by atoms with Gasteiger partial charge in [-0.2, -0.15) is 0 Å². The molecule has 0 spiro atoms. The molecule has 0 saturated heterocycles. The van der Waals surface area contributed by atoms with E-state index < -0.39 is 0 Å². The SMILES string of the molecule is C=CCSC([Se])=Nc1ccc(Cl)cc1. The summed E-state index contributed by atoms with van der Waals surface area (Å²) in [5.74, 6) is 0.861. The van der Waals surface area contributed by atoms with E-state index in [0.717, 1.165) is 20.4 Å². The van der Waals surface area contributed by atoms with E-state index in [0.29, 0.717) is 0 Å². The quantitative estimate of drug-likeness (QED) is 0.359. The number of rotatable bonds is 3. The molecule has 0 heterocycles. The molecule has 0 amide bonds. The number of hydrogen-bond acceptors (Lipinski definition) is 2. The second kappa shape index (κ2) is 6.31. The Bertz CT molecular complexity index is 334. The summed E-state index contributed by atoms with van der Waals surface area (Å²) >= 11 is 10.3. The third-order valence-corrected chi connectivity index (χ3v) is 3.30. The Labute approximate surface area is 101 Å². The zero-order chi connectivity index (χ0) is 10.4. The molecular weight excluding hydrogens is 281 g/mol. The number of nitrogens with zero attached hydrogens (tertiary/aromatic N) is 1. The van der Waals surface area contributed by atoms with Crippen LogP contribution in [-0.4, -0.2) is 25.7 Å². The molecule has 0 N–H and O–H groups in total. The third-order valence-electron chi connectivity index (χ3n) is 1.37. The van der Waals surface area contributed by atoms with Crippen molar-refractivity contribution < 1.29 is 0 Å². The number of benzene rings is 1. The molecule has 1 aromatic rings. The van der Waals surface area contributed by atoms with E-state index in [1.165, 1.54) is 0 Å². The first kappa shape index (κ1) is 11.9. The summed E-state index contributed by atoms with van der Waals surface area (Å²) in [6, 6.07) is 7.42. The molecule has 1 nitrogen and oxygen atoms in total. The normalized spacial score (nSPS) is 11.4. The van der Waals surface area contributed by atoms with E-state index in [1.807, 2.05) is 30.3 Å². The van der Waals surface area contributed by atoms with E-state index in [9.17, 15) is 0 Å². The Morgan fingerprint density at radius 1 is 1.50 bits per heavy atom. The average Bonchev–Trinajstić information content (AvgIpc) is 2.18. The van der Waals surface area contributed by atoms with Crippen LogP contribution >= 0.6 is 23.4 Å². The summed E-state index contributed by atoms with van der Waals surface area (Å²) < 4.78 is 0.909. The van der Waals surface area contributed by atoms with Crippen molar-refractivity contribution in [3.63, 3.8) is 0 Å². The average molecular weight is 290 g/mol. The maximum absolute atomic E-state index is 5.76. The van der Waals surface area contributed by atoms with Gasteiger partial charge in [-0.15, -0.1) is 0 Å². The molecule has 0 bridgehead atoms. The molecule has 14 heavy (non-hydrogen) atoms. The Balaban J connectivity index is 2.66. The van der Waals surface area contributed by atoms with Crippen molar-refractivity contribution in [2.45, 2.75) is 0 Å². The van der Waals surface area contributed by atoms with Crippen molar-refractivity contribution in [2.24, 2.45) is 4.99 Å². The molecule has 1 rings (SSSR count). The molecule has 0 unspecified atom stereocenters. The van der Waals surface area contributed by atoms with Crippen LogP contribution in [0.15, 0.2) is 41.9 Å². The van der Waals surface area contributed by atoms with Gasteiger partial charge >= 0.3 is 102 Å². The molecule has 0 atom stereocenters. The van der Waals surface area contributed by atoms with Gasteiger partial charge in [-0.3, -0.25) is 0 Å². The van der Waals surface area contributed by atoms with E-state index in [1.54, 1.807) is 11.8 Å². The van der Waals surface area contributed by atoms with Gasteiger partial charge in [0.15, 0.2) is 0 Å². The van der Waals surface area contributed by atoms with Gasteiger partial charge in [0.2, 0.25) is 0 Å². The zero-order valence-corrected chi connectivity index (χ0v) is 10.7. The van der Waals surface area contributed by atoms with Crippen molar-refractivity contribution >= 4 is 49.0 Å². The Morgan fingerprint density at radius 3 is 2.71 bits per heavy atom. The second-order valence-electron chi connectivity index (χ2n) is 2.45. The van der Waals surface area contributed by atoms with E-state index in [-0.39, 0.29) is 0 Å². The van der Waals surface area contributed by atoms with Crippen LogP contribution in [0.3, 0.4) is 0 Å². The summed E-state index contributed by atoms with van der Waals surface area (Å²) in [6.07, 6.45) is 1.85. The fourth-order valence-electron chi connectivity index (χ4n) is 0.784. The first-order valence-electron chi connectivity index (χ1n) is 3.97. The molecule has 1 radical (unpaired) electrons. The fraction of sp³-hybridized carbons (Fsp3) is 0.100. The minimum absolute atomic E-state index is 0.726. The van der Waals surface area contributed by atoms with Gasteiger partial charge in [0.05, 0.1) is 0 Å².